The van der Waals surface area contributed by atoms with Gasteiger partial charge in [0, 0.05) is 17.7 Å². The Morgan fingerprint density at radius 3 is 2.69 bits per heavy atom. The summed E-state index contributed by atoms with van der Waals surface area (Å²) < 4.78 is 0. The molecule has 0 aliphatic heterocycles. The van der Waals surface area contributed by atoms with Gasteiger partial charge in [0.05, 0.1) is 0 Å². The Kier molecular flexibility index (Phi) is 3.03. The van der Waals surface area contributed by atoms with Crippen molar-refractivity contribution in [2.24, 2.45) is 5.73 Å². The van der Waals surface area contributed by atoms with Gasteiger partial charge in [-0.25, -0.2) is 0 Å². The molecule has 3 nitrogen and oxygen atoms in total. The lowest BCUT2D eigenvalue weighted by atomic mass is 10.1. The Balaban J connectivity index is 2.90. The van der Waals surface area contributed by atoms with E-state index in [4.69, 9.17) is 11.5 Å². The Labute approximate surface area is 77.7 Å². The fourth-order valence-electron chi connectivity index (χ4n) is 1.09. The number of carbonyl (C=O) groups is 1. The molecule has 0 bridgehead atoms. The standard InChI is InChI=1S/C10H14N2O/c1-7-2-3-8(6-9(7)12)10(13)4-5-11/h2-3,6H,4-5,11-12H2,1H3. The first-order valence-electron chi connectivity index (χ1n) is 4.24. The van der Waals surface area contributed by atoms with Crippen LogP contribution in [0.15, 0.2) is 18.2 Å². The van der Waals surface area contributed by atoms with Gasteiger partial charge in [0.25, 0.3) is 0 Å². The monoisotopic (exact) mass is 178 g/mol. The average molecular weight is 178 g/mol. The third kappa shape index (κ3) is 2.29. The molecule has 0 heterocycles. The van der Waals surface area contributed by atoms with Crippen LogP contribution >= 0.6 is 0 Å². The number of nitrogens with two attached hydrogens (primary N) is 2. The fourth-order valence-corrected chi connectivity index (χ4v) is 1.09. The molecule has 0 radical (unpaired) electrons. The quantitative estimate of drug-likeness (QED) is 0.538. The van der Waals surface area contributed by atoms with E-state index in [2.05, 4.69) is 0 Å². The van der Waals surface area contributed by atoms with Crippen LogP contribution in [0.1, 0.15) is 22.3 Å². The number of Topliss-reactive ketones (excluding diaryl/α,β-unsaturated/α-hetero) is 1. The van der Waals surface area contributed by atoms with E-state index in [-0.39, 0.29) is 5.78 Å². The first kappa shape index (κ1) is 9.74. The highest BCUT2D eigenvalue weighted by Gasteiger charge is 2.05. The average Bonchev–Trinajstić information content (AvgIpc) is 2.10. The molecule has 0 amide bonds. The maximum absolute atomic E-state index is 11.4. The van der Waals surface area contributed by atoms with E-state index in [9.17, 15) is 4.79 Å². The highest BCUT2D eigenvalue weighted by atomic mass is 16.1. The molecule has 0 atom stereocenters. The fraction of sp³-hybridized carbons (Fsp3) is 0.300. The van der Waals surface area contributed by atoms with Crippen molar-refractivity contribution in [2.75, 3.05) is 12.3 Å². The van der Waals surface area contributed by atoms with Crippen LogP contribution in [0.25, 0.3) is 0 Å². The molecule has 0 spiro atoms. The minimum absolute atomic E-state index is 0.0502. The van der Waals surface area contributed by atoms with Crippen molar-refractivity contribution in [1.82, 2.24) is 0 Å². The summed E-state index contributed by atoms with van der Waals surface area (Å²) in [4.78, 5) is 11.4. The molecular weight excluding hydrogens is 164 g/mol. The number of hydrogen-bond acceptors (Lipinski definition) is 3. The van der Waals surface area contributed by atoms with Crippen LogP contribution in [0.5, 0.6) is 0 Å². The molecule has 1 rings (SSSR count). The second-order valence-electron chi connectivity index (χ2n) is 3.03. The summed E-state index contributed by atoms with van der Waals surface area (Å²) >= 11 is 0. The lowest BCUT2D eigenvalue weighted by Crippen LogP contribution is -2.08. The molecular formula is C10H14N2O. The van der Waals surface area contributed by atoms with Crippen LogP contribution in [0.3, 0.4) is 0 Å². The van der Waals surface area contributed by atoms with E-state index in [1.54, 1.807) is 12.1 Å². The number of hydrogen-bond donors (Lipinski definition) is 2. The van der Waals surface area contributed by atoms with Gasteiger partial charge in [-0.3, -0.25) is 4.79 Å². The van der Waals surface area contributed by atoms with Crippen molar-refractivity contribution in [3.05, 3.63) is 29.3 Å². The normalized spacial score (nSPS) is 10.0. The third-order valence-electron chi connectivity index (χ3n) is 1.97. The van der Waals surface area contributed by atoms with Gasteiger partial charge in [0.15, 0.2) is 5.78 Å². The Hall–Kier alpha value is -1.35. The number of anilines is 1. The van der Waals surface area contributed by atoms with Gasteiger partial charge in [-0.1, -0.05) is 12.1 Å². The Morgan fingerprint density at radius 2 is 2.15 bits per heavy atom. The van der Waals surface area contributed by atoms with Crippen molar-refractivity contribution >= 4 is 11.5 Å². The topological polar surface area (TPSA) is 69.1 Å². The summed E-state index contributed by atoms with van der Waals surface area (Å²) in [6, 6.07) is 5.33. The first-order valence-corrected chi connectivity index (χ1v) is 4.24. The zero-order valence-corrected chi connectivity index (χ0v) is 7.71. The number of benzene rings is 1. The highest BCUT2D eigenvalue weighted by molar-refractivity contribution is 5.97. The zero-order valence-electron chi connectivity index (χ0n) is 7.71. The molecule has 0 saturated heterocycles. The zero-order chi connectivity index (χ0) is 9.84. The van der Waals surface area contributed by atoms with E-state index in [0.717, 1.165) is 5.56 Å². The second-order valence-corrected chi connectivity index (χ2v) is 3.03. The Morgan fingerprint density at radius 1 is 1.46 bits per heavy atom. The van der Waals surface area contributed by atoms with E-state index in [1.807, 2.05) is 13.0 Å². The number of ketones is 1. The van der Waals surface area contributed by atoms with Gasteiger partial charge in [-0.2, -0.15) is 0 Å². The predicted octanol–water partition coefficient (Wildman–Crippen LogP) is 1.11. The summed E-state index contributed by atoms with van der Waals surface area (Å²) in [5.74, 6) is 0.0502. The van der Waals surface area contributed by atoms with Gasteiger partial charge < -0.3 is 11.5 Å². The summed E-state index contributed by atoms with van der Waals surface area (Å²) in [6.07, 6.45) is 0.377. The molecule has 1 aromatic rings. The summed E-state index contributed by atoms with van der Waals surface area (Å²) in [7, 11) is 0. The van der Waals surface area contributed by atoms with Crippen molar-refractivity contribution in [3.8, 4) is 0 Å². The minimum Gasteiger partial charge on any atom is -0.398 e. The summed E-state index contributed by atoms with van der Waals surface area (Å²) in [5.41, 5.74) is 13.2. The highest BCUT2D eigenvalue weighted by Crippen LogP contribution is 2.13. The molecule has 0 aromatic heterocycles. The summed E-state index contributed by atoms with van der Waals surface area (Å²) in [5, 5.41) is 0. The lowest BCUT2D eigenvalue weighted by molar-refractivity contribution is 0.0985. The molecule has 4 N–H and O–H groups in total. The first-order chi connectivity index (χ1) is 6.15. The molecule has 3 heteroatoms. The molecule has 0 aliphatic carbocycles. The molecule has 70 valence electrons. The van der Waals surface area contributed by atoms with Gasteiger partial charge in [0.1, 0.15) is 0 Å². The van der Waals surface area contributed by atoms with Crippen molar-refractivity contribution in [3.63, 3.8) is 0 Å². The van der Waals surface area contributed by atoms with Crippen molar-refractivity contribution in [2.45, 2.75) is 13.3 Å². The van der Waals surface area contributed by atoms with Crippen molar-refractivity contribution < 1.29 is 4.79 Å². The SMILES string of the molecule is Cc1ccc(C(=O)CCN)cc1N. The second kappa shape index (κ2) is 4.05. The maximum Gasteiger partial charge on any atom is 0.164 e. The van der Waals surface area contributed by atoms with Crippen LogP contribution < -0.4 is 11.5 Å². The van der Waals surface area contributed by atoms with Crippen LogP contribution in [0.2, 0.25) is 0 Å². The largest absolute Gasteiger partial charge is 0.398 e. The van der Waals surface area contributed by atoms with Gasteiger partial charge in [-0.05, 0) is 25.1 Å². The molecule has 0 aliphatic rings. The molecule has 13 heavy (non-hydrogen) atoms. The van der Waals surface area contributed by atoms with E-state index < -0.39 is 0 Å². The van der Waals surface area contributed by atoms with E-state index in [0.29, 0.717) is 24.2 Å². The smallest absolute Gasteiger partial charge is 0.164 e. The number of nitrogen functional groups attached to an aromatic ring is 1. The van der Waals surface area contributed by atoms with Crippen LogP contribution in [-0.4, -0.2) is 12.3 Å². The van der Waals surface area contributed by atoms with E-state index in [1.165, 1.54) is 0 Å². The third-order valence-corrected chi connectivity index (χ3v) is 1.97. The lowest BCUT2D eigenvalue weighted by Gasteiger charge is -2.03. The molecule has 0 unspecified atom stereocenters. The number of carbonyl (C=O) groups excluding carboxylic acids is 1. The van der Waals surface area contributed by atoms with Crippen molar-refractivity contribution in [1.29, 1.82) is 0 Å². The Bertz CT molecular complexity index is 321. The van der Waals surface area contributed by atoms with Crippen LogP contribution in [0.4, 0.5) is 5.69 Å². The van der Waals surface area contributed by atoms with Crippen LogP contribution in [-0.2, 0) is 0 Å². The number of rotatable bonds is 3. The molecule has 0 saturated carbocycles. The predicted molar refractivity (Wildman–Crippen MR) is 53.6 cm³/mol. The summed E-state index contributed by atoms with van der Waals surface area (Å²) in [6.45, 7) is 2.29. The number of aryl methyl sites for hydroxylation is 1. The van der Waals surface area contributed by atoms with Gasteiger partial charge in [-0.15, -0.1) is 0 Å². The van der Waals surface area contributed by atoms with Crippen LogP contribution in [0, 0.1) is 6.92 Å². The van der Waals surface area contributed by atoms with Gasteiger partial charge >= 0.3 is 0 Å². The van der Waals surface area contributed by atoms with Gasteiger partial charge in [0.2, 0.25) is 0 Å². The minimum atomic E-state index is 0.0502. The maximum atomic E-state index is 11.4. The molecule has 0 fully saturated rings. The molecule has 1 aromatic carbocycles. The van der Waals surface area contributed by atoms with E-state index >= 15 is 0 Å².